The highest BCUT2D eigenvalue weighted by molar-refractivity contribution is 8.00. The Bertz CT molecular complexity index is 940. The minimum atomic E-state index is -0.186. The molecule has 1 amide bonds. The number of benzene rings is 2. The number of nitrogens with one attached hydrogen (secondary N) is 1. The minimum absolute atomic E-state index is 0.186. The van der Waals surface area contributed by atoms with Crippen molar-refractivity contribution in [1.29, 1.82) is 0 Å². The van der Waals surface area contributed by atoms with Crippen molar-refractivity contribution in [2.75, 3.05) is 13.1 Å². The highest BCUT2D eigenvalue weighted by atomic mass is 32.2. The van der Waals surface area contributed by atoms with E-state index in [2.05, 4.69) is 61.3 Å². The Morgan fingerprint density at radius 3 is 2.50 bits per heavy atom. The summed E-state index contributed by atoms with van der Waals surface area (Å²) in [6, 6.07) is 16.7. The molecule has 2 heterocycles. The maximum Gasteiger partial charge on any atom is 0.240 e. The Morgan fingerprint density at radius 2 is 1.73 bits per heavy atom. The second kappa shape index (κ2) is 7.20. The maximum atomic E-state index is 13.5. The number of aromatic amines is 1. The van der Waals surface area contributed by atoms with Crippen molar-refractivity contribution in [3.63, 3.8) is 0 Å². The Morgan fingerprint density at radius 1 is 1.04 bits per heavy atom. The van der Waals surface area contributed by atoms with E-state index in [1.807, 2.05) is 11.0 Å². The lowest BCUT2D eigenvalue weighted by molar-refractivity contribution is -0.130. The van der Waals surface area contributed by atoms with Crippen LogP contribution in [0.5, 0.6) is 0 Å². The second-order valence-corrected chi connectivity index (χ2v) is 7.93. The number of nitrogens with zero attached hydrogens (tertiary/aromatic N) is 1. The van der Waals surface area contributed by atoms with Crippen molar-refractivity contribution in [2.45, 2.75) is 36.8 Å². The first-order chi connectivity index (χ1) is 12.7. The molecule has 4 rings (SSSR count). The van der Waals surface area contributed by atoms with Crippen molar-refractivity contribution in [3.8, 4) is 11.3 Å². The molecule has 3 nitrogen and oxygen atoms in total. The normalized spacial score (nSPS) is 15.5. The van der Waals surface area contributed by atoms with Gasteiger partial charge in [0.05, 0.1) is 5.69 Å². The van der Waals surface area contributed by atoms with Crippen LogP contribution in [0.1, 0.15) is 37.5 Å². The number of carbonyl (C=O) groups is 1. The largest absolute Gasteiger partial charge is 0.354 e. The predicted octanol–water partition coefficient (Wildman–Crippen LogP) is 5.63. The Kier molecular flexibility index (Phi) is 4.77. The van der Waals surface area contributed by atoms with Crippen LogP contribution in [-0.2, 0) is 4.79 Å². The summed E-state index contributed by atoms with van der Waals surface area (Å²) in [5.41, 5.74) is 4.55. The topological polar surface area (TPSA) is 36.1 Å². The fraction of sp³-hybridized carbons (Fsp3) is 0.318. The van der Waals surface area contributed by atoms with E-state index in [9.17, 15) is 4.79 Å². The van der Waals surface area contributed by atoms with E-state index >= 15 is 0 Å². The Labute approximate surface area is 158 Å². The van der Waals surface area contributed by atoms with Crippen LogP contribution in [-0.4, -0.2) is 28.9 Å². The summed E-state index contributed by atoms with van der Waals surface area (Å²) >= 11 is 1.70. The molecule has 0 spiro atoms. The van der Waals surface area contributed by atoms with Gasteiger partial charge in [-0.05, 0) is 25.0 Å². The van der Waals surface area contributed by atoms with Gasteiger partial charge in [-0.2, -0.15) is 0 Å². The molecule has 1 aromatic heterocycles. The third-order valence-corrected chi connectivity index (χ3v) is 6.22. The van der Waals surface area contributed by atoms with E-state index in [-0.39, 0.29) is 11.2 Å². The zero-order valence-corrected chi connectivity index (χ0v) is 16.1. The average molecular weight is 364 g/mol. The molecule has 2 aromatic carbocycles. The summed E-state index contributed by atoms with van der Waals surface area (Å²) in [7, 11) is 0. The molecule has 3 aromatic rings. The fourth-order valence-electron chi connectivity index (χ4n) is 3.82. The number of para-hydroxylation sites is 1. The lowest BCUT2D eigenvalue weighted by Gasteiger charge is -2.30. The van der Waals surface area contributed by atoms with Crippen LogP contribution in [0.15, 0.2) is 53.4 Å². The number of hydrogen-bond donors (Lipinski definition) is 1. The summed E-state index contributed by atoms with van der Waals surface area (Å²) in [5, 5.41) is 0.977. The zero-order valence-electron chi connectivity index (χ0n) is 15.3. The minimum Gasteiger partial charge on any atom is -0.354 e. The van der Waals surface area contributed by atoms with E-state index in [1.165, 1.54) is 10.5 Å². The first-order valence-corrected chi connectivity index (χ1v) is 10.3. The van der Waals surface area contributed by atoms with Crippen LogP contribution in [0.4, 0.5) is 0 Å². The Balaban J connectivity index is 1.86. The van der Waals surface area contributed by atoms with Gasteiger partial charge in [-0.3, -0.25) is 4.79 Å². The number of carbonyl (C=O) groups excluding carboxylic acids is 1. The van der Waals surface area contributed by atoms with Crippen LogP contribution in [0.2, 0.25) is 0 Å². The molecule has 0 saturated carbocycles. The molecule has 0 aliphatic carbocycles. The molecular formula is C22H24N2OS. The molecule has 0 saturated heterocycles. The van der Waals surface area contributed by atoms with Crippen molar-refractivity contribution >= 4 is 28.6 Å². The predicted molar refractivity (Wildman–Crippen MR) is 109 cm³/mol. The molecule has 1 N–H and O–H groups in total. The van der Waals surface area contributed by atoms with Crippen molar-refractivity contribution in [1.82, 2.24) is 9.88 Å². The van der Waals surface area contributed by atoms with Crippen molar-refractivity contribution < 1.29 is 4.79 Å². The monoisotopic (exact) mass is 363 g/mol. The third kappa shape index (κ3) is 2.82. The molecule has 1 unspecified atom stereocenters. The number of amides is 1. The summed E-state index contributed by atoms with van der Waals surface area (Å²) in [6.45, 7) is 5.92. The number of hydrogen-bond acceptors (Lipinski definition) is 2. The molecule has 0 fully saturated rings. The van der Waals surface area contributed by atoms with Gasteiger partial charge in [0.25, 0.3) is 0 Å². The molecule has 26 heavy (non-hydrogen) atoms. The SMILES string of the molecule is CCCN(CCC)[11C](=O)C1Sc2ccccc2-c2[nH]c3ccccc3c21. The molecule has 1 atom stereocenters. The fourth-order valence-corrected chi connectivity index (χ4v) is 5.14. The molecule has 134 valence electrons. The smallest absolute Gasteiger partial charge is 0.240 e. The van der Waals surface area contributed by atoms with E-state index in [1.54, 1.807) is 11.8 Å². The second-order valence-electron chi connectivity index (χ2n) is 6.78. The average Bonchev–Trinajstić information content (AvgIpc) is 3.06. The zero-order chi connectivity index (χ0) is 18.1. The van der Waals surface area contributed by atoms with Gasteiger partial charge in [0.1, 0.15) is 5.25 Å². The van der Waals surface area contributed by atoms with Gasteiger partial charge in [0, 0.05) is 40.0 Å². The third-order valence-electron chi connectivity index (χ3n) is 4.93. The molecular weight excluding hydrogens is 339 g/mol. The lowest BCUT2D eigenvalue weighted by Crippen LogP contribution is -2.36. The lowest BCUT2D eigenvalue weighted by atomic mass is 9.83. The number of fused-ring (bicyclic) bond motifs is 5. The number of H-pyrrole nitrogens is 1. The first kappa shape index (κ1) is 17.2. The molecule has 0 radical (unpaired) electrons. The highest BCUT2D eigenvalue weighted by Gasteiger charge is 2.35. The summed E-state index contributed by atoms with van der Waals surface area (Å²) in [4.78, 5) is 20.3. The van der Waals surface area contributed by atoms with Crippen LogP contribution in [0, 0.1) is 0 Å². The highest BCUT2D eigenvalue weighted by Crippen LogP contribution is 2.51. The van der Waals surface area contributed by atoms with E-state index in [0.717, 1.165) is 48.1 Å². The number of thioether (sulfide) groups is 1. The number of aromatic nitrogens is 1. The summed E-state index contributed by atoms with van der Waals surface area (Å²) in [5.74, 6) is 0.235. The van der Waals surface area contributed by atoms with E-state index in [0.29, 0.717) is 0 Å². The van der Waals surface area contributed by atoms with Crippen LogP contribution in [0.3, 0.4) is 0 Å². The Hall–Kier alpha value is -2.20. The van der Waals surface area contributed by atoms with Crippen molar-refractivity contribution in [2.24, 2.45) is 0 Å². The standard InChI is InChI=1S/C22H24N2OS/c1-3-13-24(14-4-2)22(25)21-19-15-9-5-7-11-17(15)23-20(19)16-10-6-8-12-18(16)26-21/h5-12,21,23H,3-4,13-14H2,1-2H3/i22-1. The first-order valence-electron chi connectivity index (χ1n) is 9.40. The summed E-state index contributed by atoms with van der Waals surface area (Å²) < 4.78 is 0. The van der Waals surface area contributed by atoms with Gasteiger partial charge in [0.15, 0.2) is 0 Å². The van der Waals surface area contributed by atoms with Crippen LogP contribution in [0.25, 0.3) is 22.2 Å². The van der Waals surface area contributed by atoms with Gasteiger partial charge in [-0.25, -0.2) is 0 Å². The van der Waals surface area contributed by atoms with Gasteiger partial charge >= 0.3 is 0 Å². The molecule has 1 aliphatic heterocycles. The molecule has 1 aliphatic rings. The van der Waals surface area contributed by atoms with Crippen LogP contribution >= 0.6 is 11.8 Å². The molecule has 4 heteroatoms. The molecule has 0 bridgehead atoms. The summed E-state index contributed by atoms with van der Waals surface area (Å²) in [6.07, 6.45) is 1.97. The maximum absolute atomic E-state index is 13.5. The van der Waals surface area contributed by atoms with Gasteiger partial charge in [0.2, 0.25) is 5.91 Å². The van der Waals surface area contributed by atoms with Gasteiger partial charge < -0.3 is 9.88 Å². The van der Waals surface area contributed by atoms with E-state index < -0.39 is 0 Å². The van der Waals surface area contributed by atoms with Gasteiger partial charge in [-0.15, -0.1) is 11.8 Å². The van der Waals surface area contributed by atoms with Crippen molar-refractivity contribution in [3.05, 3.63) is 54.1 Å². The number of rotatable bonds is 5. The quantitative estimate of drug-likeness (QED) is 0.638. The van der Waals surface area contributed by atoms with Gasteiger partial charge in [-0.1, -0.05) is 50.2 Å². The van der Waals surface area contributed by atoms with E-state index in [4.69, 9.17) is 0 Å². The van der Waals surface area contributed by atoms with Crippen LogP contribution < -0.4 is 0 Å².